The zero-order chi connectivity index (χ0) is 31.9. The Balaban J connectivity index is 1.27. The second-order valence-electron chi connectivity index (χ2n) is 14.0. The molecule has 0 aliphatic heterocycles. The highest BCUT2D eigenvalue weighted by molar-refractivity contribution is 6.23. The summed E-state index contributed by atoms with van der Waals surface area (Å²) in [4.78, 5) is 3.96. The Morgan fingerprint density at radius 1 is 0.327 bits per heavy atom. The molecule has 226 valence electrons. The van der Waals surface area contributed by atoms with Crippen LogP contribution in [0.2, 0.25) is 0 Å². The van der Waals surface area contributed by atoms with Gasteiger partial charge < -0.3 is 4.98 Å². The van der Waals surface area contributed by atoms with Gasteiger partial charge in [0.15, 0.2) is 0 Å². The minimum Gasteiger partial charge on any atom is -0.354 e. The zero-order valence-corrected chi connectivity index (χ0v) is 26.7. The second-order valence-corrected chi connectivity index (χ2v) is 14.0. The van der Waals surface area contributed by atoms with Crippen molar-refractivity contribution >= 4 is 32.6 Å². The van der Waals surface area contributed by atoms with Gasteiger partial charge in [-0.25, -0.2) is 0 Å². The standard InChI is InChI=1S/C48H29N/c1-2-14-30-29(13-1)25-28-43-44(30)34-26-27-42-45(46(34)49-43)33-17-5-8-20-37(33)48(42)40-23-11-9-21-38(40)47(39-22-10-12-24-41(39)48)35-18-6-3-15-31(35)32-16-4-7-19-36(32)47/h1-28,49H. The fraction of sp³-hybridized carbons (Fsp3) is 0.0417. The molecule has 1 heteroatoms. The number of fused-ring (bicyclic) bond motifs is 22. The zero-order valence-electron chi connectivity index (χ0n) is 26.7. The predicted octanol–water partition coefficient (Wildman–Crippen LogP) is 11.5. The molecule has 0 radical (unpaired) electrons. The van der Waals surface area contributed by atoms with Crippen molar-refractivity contribution in [3.63, 3.8) is 0 Å². The molecule has 3 aliphatic rings. The number of H-pyrrole nitrogens is 1. The lowest BCUT2D eigenvalue weighted by molar-refractivity contribution is 0.633. The first-order valence-electron chi connectivity index (χ1n) is 17.3. The SMILES string of the molecule is c1ccc2c(c1)-c1ccccc1C21c2ccccc2C2(c3ccccc3-c3c2ccc2c3[nH]c3ccc4ccccc4c32)c2ccccc21. The van der Waals surface area contributed by atoms with Gasteiger partial charge in [0.05, 0.1) is 16.3 Å². The van der Waals surface area contributed by atoms with Crippen LogP contribution in [0.4, 0.5) is 0 Å². The van der Waals surface area contributed by atoms with Gasteiger partial charge in [0.25, 0.3) is 0 Å². The average Bonchev–Trinajstić information content (AvgIpc) is 3.80. The van der Waals surface area contributed by atoms with Crippen molar-refractivity contribution in [3.8, 4) is 22.3 Å². The summed E-state index contributed by atoms with van der Waals surface area (Å²) in [6.45, 7) is 0. The summed E-state index contributed by atoms with van der Waals surface area (Å²) in [5, 5.41) is 5.15. The molecule has 0 amide bonds. The molecule has 2 spiro atoms. The van der Waals surface area contributed by atoms with E-state index >= 15 is 0 Å². The molecule has 1 heterocycles. The third-order valence-electron chi connectivity index (χ3n) is 12.1. The van der Waals surface area contributed by atoms with Crippen LogP contribution in [0, 0.1) is 0 Å². The first kappa shape index (κ1) is 25.9. The highest BCUT2D eigenvalue weighted by Crippen LogP contribution is 2.67. The minimum atomic E-state index is -0.482. The Bertz CT molecular complexity index is 2810. The average molecular weight is 620 g/mol. The number of hydrogen-bond acceptors (Lipinski definition) is 0. The van der Waals surface area contributed by atoms with Crippen LogP contribution in [0.3, 0.4) is 0 Å². The van der Waals surface area contributed by atoms with Gasteiger partial charge >= 0.3 is 0 Å². The molecular weight excluding hydrogens is 591 g/mol. The quantitative estimate of drug-likeness (QED) is 0.174. The second kappa shape index (κ2) is 8.83. The molecule has 0 bridgehead atoms. The molecule has 1 nitrogen and oxygen atoms in total. The van der Waals surface area contributed by atoms with Gasteiger partial charge in [0.2, 0.25) is 0 Å². The van der Waals surface area contributed by atoms with Gasteiger partial charge in [-0.15, -0.1) is 0 Å². The normalized spacial score (nSPS) is 15.3. The maximum Gasteiger partial charge on any atom is 0.0720 e. The van der Waals surface area contributed by atoms with E-state index in [0.717, 1.165) is 0 Å². The molecular formula is C48H29N. The topological polar surface area (TPSA) is 15.8 Å². The van der Waals surface area contributed by atoms with Crippen LogP contribution in [0.5, 0.6) is 0 Å². The third-order valence-corrected chi connectivity index (χ3v) is 12.1. The van der Waals surface area contributed by atoms with Crippen molar-refractivity contribution in [2.45, 2.75) is 10.8 Å². The van der Waals surface area contributed by atoms with E-state index in [1.165, 1.54) is 99.3 Å². The van der Waals surface area contributed by atoms with E-state index in [0.29, 0.717) is 0 Å². The summed E-state index contributed by atoms with van der Waals surface area (Å²) in [6.07, 6.45) is 0. The fourth-order valence-corrected chi connectivity index (χ4v) is 10.5. The van der Waals surface area contributed by atoms with E-state index < -0.39 is 10.8 Å². The van der Waals surface area contributed by atoms with Crippen LogP contribution in [0.1, 0.15) is 44.5 Å². The summed E-state index contributed by atoms with van der Waals surface area (Å²) >= 11 is 0. The molecule has 0 fully saturated rings. The largest absolute Gasteiger partial charge is 0.354 e. The van der Waals surface area contributed by atoms with Crippen molar-refractivity contribution < 1.29 is 0 Å². The highest BCUT2D eigenvalue weighted by Gasteiger charge is 2.59. The summed E-state index contributed by atoms with van der Waals surface area (Å²) in [7, 11) is 0. The maximum absolute atomic E-state index is 3.96. The van der Waals surface area contributed by atoms with Gasteiger partial charge in [0.1, 0.15) is 0 Å². The van der Waals surface area contributed by atoms with Crippen LogP contribution in [0.25, 0.3) is 54.8 Å². The maximum atomic E-state index is 3.96. The number of rotatable bonds is 0. The molecule has 3 aliphatic carbocycles. The lowest BCUT2D eigenvalue weighted by Gasteiger charge is -2.48. The van der Waals surface area contributed by atoms with E-state index in [4.69, 9.17) is 0 Å². The molecule has 9 aromatic rings. The van der Waals surface area contributed by atoms with E-state index in [2.05, 4.69) is 175 Å². The van der Waals surface area contributed by atoms with Crippen LogP contribution in [0.15, 0.2) is 170 Å². The minimum absolute atomic E-state index is 0.423. The summed E-state index contributed by atoms with van der Waals surface area (Å²) in [5.74, 6) is 0. The van der Waals surface area contributed by atoms with Crippen molar-refractivity contribution in [1.29, 1.82) is 0 Å². The molecule has 0 saturated heterocycles. The van der Waals surface area contributed by atoms with Gasteiger partial charge in [-0.3, -0.25) is 0 Å². The van der Waals surface area contributed by atoms with Gasteiger partial charge in [-0.05, 0) is 78.0 Å². The van der Waals surface area contributed by atoms with Gasteiger partial charge in [-0.2, -0.15) is 0 Å². The van der Waals surface area contributed by atoms with Crippen LogP contribution < -0.4 is 0 Å². The van der Waals surface area contributed by atoms with E-state index in [1.807, 2.05) is 0 Å². The molecule has 8 aromatic carbocycles. The molecule has 49 heavy (non-hydrogen) atoms. The molecule has 0 saturated carbocycles. The molecule has 12 rings (SSSR count). The lowest BCUT2D eigenvalue weighted by atomic mass is 9.52. The van der Waals surface area contributed by atoms with E-state index in [1.54, 1.807) is 0 Å². The molecule has 0 unspecified atom stereocenters. The Kier molecular flexibility index (Phi) is 4.66. The Labute approximate surface area is 284 Å². The lowest BCUT2D eigenvalue weighted by Crippen LogP contribution is -2.43. The summed E-state index contributed by atoms with van der Waals surface area (Å²) in [6, 6.07) is 64.2. The number of aromatic nitrogens is 1. The Morgan fingerprint density at radius 2 is 0.796 bits per heavy atom. The van der Waals surface area contributed by atoms with Crippen molar-refractivity contribution in [2.75, 3.05) is 0 Å². The van der Waals surface area contributed by atoms with Crippen molar-refractivity contribution in [2.24, 2.45) is 0 Å². The third kappa shape index (κ3) is 2.80. The Morgan fingerprint density at radius 3 is 1.41 bits per heavy atom. The van der Waals surface area contributed by atoms with Gasteiger partial charge in [0, 0.05) is 21.9 Å². The van der Waals surface area contributed by atoms with Crippen LogP contribution in [-0.2, 0) is 10.8 Å². The number of benzene rings is 8. The summed E-state index contributed by atoms with van der Waals surface area (Å²) in [5.41, 5.74) is 17.7. The van der Waals surface area contributed by atoms with Crippen molar-refractivity contribution in [1.82, 2.24) is 4.98 Å². The monoisotopic (exact) mass is 619 g/mol. The summed E-state index contributed by atoms with van der Waals surface area (Å²) < 4.78 is 0. The number of nitrogens with one attached hydrogen (secondary N) is 1. The highest BCUT2D eigenvalue weighted by atomic mass is 14.7. The fourth-order valence-electron chi connectivity index (χ4n) is 10.5. The first-order valence-corrected chi connectivity index (χ1v) is 17.3. The first-order chi connectivity index (χ1) is 24.3. The molecule has 1 N–H and O–H groups in total. The number of hydrogen-bond donors (Lipinski definition) is 1. The molecule has 0 atom stereocenters. The van der Waals surface area contributed by atoms with E-state index in [-0.39, 0.29) is 0 Å². The van der Waals surface area contributed by atoms with Gasteiger partial charge in [-0.1, -0.05) is 164 Å². The predicted molar refractivity (Wildman–Crippen MR) is 201 cm³/mol. The van der Waals surface area contributed by atoms with Crippen LogP contribution >= 0.6 is 0 Å². The smallest absolute Gasteiger partial charge is 0.0720 e. The molecule has 1 aromatic heterocycles. The Hall–Kier alpha value is -6.18. The van der Waals surface area contributed by atoms with E-state index in [9.17, 15) is 0 Å². The number of aromatic amines is 1. The van der Waals surface area contributed by atoms with Crippen LogP contribution in [-0.4, -0.2) is 4.98 Å². The van der Waals surface area contributed by atoms with Crippen molar-refractivity contribution in [3.05, 3.63) is 214 Å².